The van der Waals surface area contributed by atoms with Crippen molar-refractivity contribution in [3.05, 3.63) is 82.8 Å². The van der Waals surface area contributed by atoms with Crippen molar-refractivity contribution in [2.75, 3.05) is 16.3 Å². The third-order valence-electron chi connectivity index (χ3n) is 3.95. The van der Waals surface area contributed by atoms with Gasteiger partial charge in [-0.2, -0.15) is 0 Å². The summed E-state index contributed by atoms with van der Waals surface area (Å²) in [6.45, 7) is 0.207. The Labute approximate surface area is 178 Å². The lowest BCUT2D eigenvalue weighted by Crippen LogP contribution is -2.24. The van der Waals surface area contributed by atoms with Crippen LogP contribution in [0.15, 0.2) is 65.3 Å². The molecule has 0 aliphatic carbocycles. The van der Waals surface area contributed by atoms with Gasteiger partial charge >= 0.3 is 0 Å². The molecular weight excluding hydrogens is 430 g/mol. The molecule has 0 bridgehead atoms. The molecule has 0 aliphatic heterocycles. The van der Waals surface area contributed by atoms with Crippen molar-refractivity contribution in [3.8, 4) is 0 Å². The predicted octanol–water partition coefficient (Wildman–Crippen LogP) is 3.49. The highest BCUT2D eigenvalue weighted by molar-refractivity contribution is 7.92. The van der Waals surface area contributed by atoms with E-state index in [9.17, 15) is 18.0 Å². The molecular formula is C20H18ClN3O5S. The Hall–Kier alpha value is -3.30. The minimum absolute atomic E-state index is 0.0672. The van der Waals surface area contributed by atoms with E-state index in [0.717, 1.165) is 6.26 Å². The molecule has 8 nitrogen and oxygen atoms in total. The zero-order valence-electron chi connectivity index (χ0n) is 15.8. The lowest BCUT2D eigenvalue weighted by Gasteiger charge is -2.12. The van der Waals surface area contributed by atoms with Crippen molar-refractivity contribution in [2.45, 2.75) is 6.54 Å². The summed E-state index contributed by atoms with van der Waals surface area (Å²) in [5.41, 5.74) is 0.950. The van der Waals surface area contributed by atoms with Crippen molar-refractivity contribution in [3.63, 3.8) is 0 Å². The molecule has 10 heteroatoms. The zero-order chi connectivity index (χ0) is 21.7. The Morgan fingerprint density at radius 3 is 2.43 bits per heavy atom. The predicted molar refractivity (Wildman–Crippen MR) is 114 cm³/mol. The summed E-state index contributed by atoms with van der Waals surface area (Å²) in [4.78, 5) is 25.1. The highest BCUT2D eigenvalue weighted by Gasteiger charge is 2.16. The van der Waals surface area contributed by atoms with E-state index in [0.29, 0.717) is 11.4 Å². The number of nitrogens with one attached hydrogen (secondary N) is 3. The summed E-state index contributed by atoms with van der Waals surface area (Å²) >= 11 is 6.07. The second-order valence-electron chi connectivity index (χ2n) is 6.33. The molecule has 3 N–H and O–H groups in total. The maximum Gasteiger partial charge on any atom is 0.255 e. The summed E-state index contributed by atoms with van der Waals surface area (Å²) in [7, 11) is -3.50. The molecule has 3 rings (SSSR count). The normalized spacial score (nSPS) is 11.0. The summed E-state index contributed by atoms with van der Waals surface area (Å²) < 4.78 is 30.1. The van der Waals surface area contributed by atoms with Gasteiger partial charge in [0.15, 0.2) is 0 Å². The van der Waals surface area contributed by atoms with Gasteiger partial charge in [0.2, 0.25) is 10.0 Å². The Kier molecular flexibility index (Phi) is 6.43. The van der Waals surface area contributed by atoms with E-state index in [1.54, 1.807) is 36.4 Å². The fraction of sp³-hybridized carbons (Fsp3) is 0.100. The van der Waals surface area contributed by atoms with Gasteiger partial charge in [0.05, 0.1) is 41.0 Å². The highest BCUT2D eigenvalue weighted by Crippen LogP contribution is 2.25. The van der Waals surface area contributed by atoms with Gasteiger partial charge in [0.25, 0.3) is 11.8 Å². The SMILES string of the molecule is CS(=O)(=O)Nc1ccc(C(=O)Nc2ccccc2C(=O)NCc2ccco2)cc1Cl. The number of para-hydroxylation sites is 1. The summed E-state index contributed by atoms with van der Waals surface area (Å²) in [5.74, 6) is -0.288. The fourth-order valence-electron chi connectivity index (χ4n) is 2.60. The first-order valence-corrected chi connectivity index (χ1v) is 11.0. The van der Waals surface area contributed by atoms with Crippen LogP contribution in [0.25, 0.3) is 0 Å². The van der Waals surface area contributed by atoms with Crippen molar-refractivity contribution < 1.29 is 22.4 Å². The van der Waals surface area contributed by atoms with Gasteiger partial charge in [-0.25, -0.2) is 8.42 Å². The zero-order valence-corrected chi connectivity index (χ0v) is 17.4. The Morgan fingerprint density at radius 2 is 1.77 bits per heavy atom. The molecule has 0 unspecified atom stereocenters. The molecule has 3 aromatic rings. The van der Waals surface area contributed by atoms with Gasteiger partial charge < -0.3 is 15.1 Å². The molecule has 0 saturated carbocycles. The van der Waals surface area contributed by atoms with Crippen LogP contribution < -0.4 is 15.4 Å². The molecule has 1 heterocycles. The number of rotatable bonds is 7. The molecule has 0 atom stereocenters. The number of halogens is 1. The smallest absolute Gasteiger partial charge is 0.255 e. The third-order valence-corrected chi connectivity index (χ3v) is 4.85. The van der Waals surface area contributed by atoms with Crippen LogP contribution in [0.1, 0.15) is 26.5 Å². The molecule has 156 valence electrons. The van der Waals surface area contributed by atoms with E-state index < -0.39 is 15.9 Å². The molecule has 0 aliphatic rings. The number of benzene rings is 2. The standard InChI is InChI=1S/C20H18ClN3O5S/c1-30(27,28)24-18-9-8-13(11-16(18)21)19(25)23-17-7-3-2-6-15(17)20(26)22-12-14-5-4-10-29-14/h2-11,24H,12H2,1H3,(H,22,26)(H,23,25). The van der Waals surface area contributed by atoms with Crippen LogP contribution in [-0.2, 0) is 16.6 Å². The number of furan rings is 1. The van der Waals surface area contributed by atoms with Crippen molar-refractivity contribution in [1.29, 1.82) is 0 Å². The van der Waals surface area contributed by atoms with Crippen LogP contribution in [0.4, 0.5) is 11.4 Å². The van der Waals surface area contributed by atoms with Crippen LogP contribution in [0.2, 0.25) is 5.02 Å². The van der Waals surface area contributed by atoms with E-state index in [1.807, 2.05) is 0 Å². The van der Waals surface area contributed by atoms with Gasteiger partial charge in [0, 0.05) is 5.56 Å². The van der Waals surface area contributed by atoms with Crippen LogP contribution in [-0.4, -0.2) is 26.5 Å². The van der Waals surface area contributed by atoms with Crippen LogP contribution in [0, 0.1) is 0 Å². The summed E-state index contributed by atoms with van der Waals surface area (Å²) in [6.07, 6.45) is 2.51. The van der Waals surface area contributed by atoms with Gasteiger partial charge in [-0.3, -0.25) is 14.3 Å². The Bertz CT molecular complexity index is 1180. The lowest BCUT2D eigenvalue weighted by molar-refractivity contribution is 0.0949. The Morgan fingerprint density at radius 1 is 1.00 bits per heavy atom. The third kappa shape index (κ3) is 5.62. The number of anilines is 2. The van der Waals surface area contributed by atoms with Crippen LogP contribution >= 0.6 is 11.6 Å². The number of hydrogen-bond donors (Lipinski definition) is 3. The maximum absolute atomic E-state index is 12.6. The number of carbonyl (C=O) groups excluding carboxylic acids is 2. The van der Waals surface area contributed by atoms with Gasteiger partial charge in [-0.05, 0) is 42.5 Å². The first-order valence-electron chi connectivity index (χ1n) is 8.71. The minimum Gasteiger partial charge on any atom is -0.467 e. The van der Waals surface area contributed by atoms with Crippen LogP contribution in [0.3, 0.4) is 0 Å². The first kappa shape index (κ1) is 21.4. The lowest BCUT2D eigenvalue weighted by atomic mass is 10.1. The average Bonchev–Trinajstić information content (AvgIpc) is 3.20. The second kappa shape index (κ2) is 9.02. The van der Waals surface area contributed by atoms with E-state index in [-0.39, 0.29) is 34.3 Å². The van der Waals surface area contributed by atoms with Gasteiger partial charge in [-0.1, -0.05) is 23.7 Å². The number of hydrogen-bond acceptors (Lipinski definition) is 5. The van der Waals surface area contributed by atoms with Gasteiger partial charge in [0.1, 0.15) is 5.76 Å². The average molecular weight is 448 g/mol. The molecule has 1 aromatic heterocycles. The fourth-order valence-corrected chi connectivity index (χ4v) is 3.46. The number of carbonyl (C=O) groups is 2. The second-order valence-corrected chi connectivity index (χ2v) is 8.49. The van der Waals surface area contributed by atoms with E-state index >= 15 is 0 Å². The quantitative estimate of drug-likeness (QED) is 0.512. The number of sulfonamides is 1. The largest absolute Gasteiger partial charge is 0.467 e. The van der Waals surface area contributed by atoms with Crippen molar-refractivity contribution in [1.82, 2.24) is 5.32 Å². The van der Waals surface area contributed by atoms with Crippen LogP contribution in [0.5, 0.6) is 0 Å². The molecule has 0 spiro atoms. The molecule has 0 fully saturated rings. The van der Waals surface area contributed by atoms with E-state index in [2.05, 4.69) is 15.4 Å². The molecule has 0 saturated heterocycles. The molecule has 2 aromatic carbocycles. The monoisotopic (exact) mass is 447 g/mol. The van der Waals surface area contributed by atoms with E-state index in [1.165, 1.54) is 24.5 Å². The highest BCUT2D eigenvalue weighted by atomic mass is 35.5. The summed E-state index contributed by atoms with van der Waals surface area (Å²) in [6, 6.07) is 14.2. The maximum atomic E-state index is 12.6. The van der Waals surface area contributed by atoms with Crippen molar-refractivity contribution >= 4 is 44.8 Å². The first-order chi connectivity index (χ1) is 14.2. The summed E-state index contributed by atoms with van der Waals surface area (Å²) in [5, 5.41) is 5.47. The van der Waals surface area contributed by atoms with Crippen molar-refractivity contribution in [2.24, 2.45) is 0 Å². The Balaban J connectivity index is 1.74. The molecule has 2 amide bonds. The van der Waals surface area contributed by atoms with Gasteiger partial charge in [-0.15, -0.1) is 0 Å². The number of amides is 2. The topological polar surface area (TPSA) is 118 Å². The van der Waals surface area contributed by atoms with E-state index in [4.69, 9.17) is 16.0 Å². The molecule has 30 heavy (non-hydrogen) atoms. The molecule has 0 radical (unpaired) electrons. The minimum atomic E-state index is -3.50.